The monoisotopic (exact) mass is 366 g/mol. The van der Waals surface area contributed by atoms with E-state index in [4.69, 9.17) is 4.74 Å². The minimum atomic E-state index is -0.0997. The summed E-state index contributed by atoms with van der Waals surface area (Å²) in [5.74, 6) is -0.0997. The van der Waals surface area contributed by atoms with Gasteiger partial charge < -0.3 is 4.74 Å². The van der Waals surface area contributed by atoms with Crippen LogP contribution in [0, 0.1) is 0 Å². The van der Waals surface area contributed by atoms with Gasteiger partial charge in [0.25, 0.3) is 0 Å². The number of benzene rings is 1. The van der Waals surface area contributed by atoms with E-state index >= 15 is 0 Å². The highest BCUT2D eigenvalue weighted by atomic mass is 127. The molecule has 0 bridgehead atoms. The van der Waals surface area contributed by atoms with Crippen LogP contribution in [0.15, 0.2) is 28.7 Å². The zero-order valence-corrected chi connectivity index (χ0v) is 11.0. The van der Waals surface area contributed by atoms with Gasteiger partial charge in [0.15, 0.2) is 0 Å². The average molecular weight is 367 g/mol. The van der Waals surface area contributed by atoms with Crippen LogP contribution in [0.4, 0.5) is 0 Å². The van der Waals surface area contributed by atoms with Crippen LogP contribution < -0.4 is 0 Å². The van der Waals surface area contributed by atoms with Crippen molar-refractivity contribution >= 4 is 44.5 Å². The largest absolute Gasteiger partial charge is 0.456 e. The number of carbonyl (C=O) groups is 1. The molecule has 0 spiro atoms. The standard InChI is InChI=1S/C10H8BrIO2/c11-7-3-1-6(2-4-7)10-8(12)5-9(13)14-10/h1-4,8,10H,5H2/t8-,10+/m1/s1. The molecule has 0 aliphatic carbocycles. The van der Waals surface area contributed by atoms with Gasteiger partial charge in [0, 0.05) is 4.47 Å². The maximum atomic E-state index is 11.1. The van der Waals surface area contributed by atoms with Crippen LogP contribution in [0.2, 0.25) is 0 Å². The van der Waals surface area contributed by atoms with Crippen molar-refractivity contribution in [2.75, 3.05) is 0 Å². The van der Waals surface area contributed by atoms with E-state index in [1.165, 1.54) is 0 Å². The second-order valence-corrected chi connectivity index (χ2v) is 5.70. The molecule has 1 heterocycles. The van der Waals surface area contributed by atoms with Crippen LogP contribution >= 0.6 is 38.5 Å². The van der Waals surface area contributed by atoms with Gasteiger partial charge in [0.2, 0.25) is 0 Å². The summed E-state index contributed by atoms with van der Waals surface area (Å²) < 4.78 is 6.53. The van der Waals surface area contributed by atoms with Crippen LogP contribution in [-0.2, 0) is 9.53 Å². The zero-order valence-electron chi connectivity index (χ0n) is 7.24. The number of hydrogen-bond donors (Lipinski definition) is 0. The first-order valence-electron chi connectivity index (χ1n) is 4.26. The van der Waals surface area contributed by atoms with Crippen molar-refractivity contribution < 1.29 is 9.53 Å². The Morgan fingerprint density at radius 1 is 1.36 bits per heavy atom. The van der Waals surface area contributed by atoms with Gasteiger partial charge in [-0.05, 0) is 17.7 Å². The van der Waals surface area contributed by atoms with Gasteiger partial charge >= 0.3 is 5.97 Å². The highest BCUT2D eigenvalue weighted by molar-refractivity contribution is 14.1. The molecule has 2 atom stereocenters. The summed E-state index contributed by atoms with van der Waals surface area (Å²) in [4.78, 5) is 11.1. The SMILES string of the molecule is O=C1C[C@@H](I)[C@H](c2ccc(Br)cc2)O1. The molecule has 1 aliphatic rings. The molecule has 74 valence electrons. The minimum absolute atomic E-state index is 0.0730. The predicted molar refractivity (Wildman–Crippen MR) is 65.4 cm³/mol. The Morgan fingerprint density at radius 3 is 2.50 bits per heavy atom. The van der Waals surface area contributed by atoms with Crippen molar-refractivity contribution in [1.29, 1.82) is 0 Å². The number of hydrogen-bond acceptors (Lipinski definition) is 2. The summed E-state index contributed by atoms with van der Waals surface area (Å²) >= 11 is 5.64. The highest BCUT2D eigenvalue weighted by Gasteiger charge is 2.33. The van der Waals surface area contributed by atoms with Crippen LogP contribution in [0.25, 0.3) is 0 Å². The predicted octanol–water partition coefficient (Wildman–Crippen LogP) is 3.24. The molecule has 1 saturated heterocycles. The first-order valence-corrected chi connectivity index (χ1v) is 6.29. The third-order valence-corrected chi connectivity index (χ3v) is 3.77. The third kappa shape index (κ3) is 2.11. The van der Waals surface area contributed by atoms with E-state index in [1.807, 2.05) is 24.3 Å². The van der Waals surface area contributed by atoms with E-state index in [1.54, 1.807) is 0 Å². The molecule has 0 amide bonds. The minimum Gasteiger partial charge on any atom is -0.456 e. The summed E-state index contributed by atoms with van der Waals surface area (Å²) in [5, 5.41) is 0. The second-order valence-electron chi connectivity index (χ2n) is 3.18. The Kier molecular flexibility index (Phi) is 3.11. The number of carbonyl (C=O) groups excluding carboxylic acids is 1. The van der Waals surface area contributed by atoms with Crippen LogP contribution in [0.1, 0.15) is 18.1 Å². The van der Waals surface area contributed by atoms with Crippen molar-refractivity contribution in [3.05, 3.63) is 34.3 Å². The molecule has 1 aromatic rings. The molecule has 1 aliphatic heterocycles. The van der Waals surface area contributed by atoms with Crippen LogP contribution in [0.5, 0.6) is 0 Å². The number of esters is 1. The molecule has 0 N–H and O–H groups in total. The number of halogens is 2. The molecule has 2 rings (SSSR count). The van der Waals surface area contributed by atoms with Gasteiger partial charge in [-0.3, -0.25) is 4.79 Å². The first-order chi connectivity index (χ1) is 6.66. The van der Waals surface area contributed by atoms with Crippen molar-refractivity contribution in [3.63, 3.8) is 0 Å². The average Bonchev–Trinajstić information content (AvgIpc) is 2.47. The number of ether oxygens (including phenoxy) is 1. The fourth-order valence-electron chi connectivity index (χ4n) is 1.46. The molecule has 1 fully saturated rings. The third-order valence-electron chi connectivity index (χ3n) is 2.15. The fourth-order valence-corrected chi connectivity index (χ4v) is 2.65. The molecule has 0 radical (unpaired) electrons. The van der Waals surface area contributed by atoms with E-state index in [-0.39, 0.29) is 16.0 Å². The normalized spacial score (nSPS) is 26.3. The van der Waals surface area contributed by atoms with Crippen molar-refractivity contribution in [2.45, 2.75) is 16.4 Å². The van der Waals surface area contributed by atoms with Gasteiger partial charge in [0.05, 0.1) is 10.3 Å². The summed E-state index contributed by atoms with van der Waals surface area (Å²) in [7, 11) is 0. The molecule has 0 aromatic heterocycles. The van der Waals surface area contributed by atoms with E-state index in [0.29, 0.717) is 6.42 Å². The maximum absolute atomic E-state index is 11.1. The lowest BCUT2D eigenvalue weighted by Gasteiger charge is -2.12. The molecule has 1 aromatic carbocycles. The van der Waals surface area contributed by atoms with E-state index in [0.717, 1.165) is 10.0 Å². The van der Waals surface area contributed by atoms with E-state index in [9.17, 15) is 4.79 Å². The van der Waals surface area contributed by atoms with Crippen LogP contribution in [-0.4, -0.2) is 9.89 Å². The Hall–Kier alpha value is -0.100. The number of alkyl halides is 1. The molecule has 14 heavy (non-hydrogen) atoms. The Bertz CT molecular complexity index is 350. The van der Waals surface area contributed by atoms with E-state index in [2.05, 4.69) is 38.5 Å². The summed E-state index contributed by atoms with van der Waals surface area (Å²) in [6.07, 6.45) is 0.442. The van der Waals surface area contributed by atoms with E-state index < -0.39 is 0 Å². The molecule has 0 saturated carbocycles. The van der Waals surface area contributed by atoms with Gasteiger partial charge in [-0.1, -0.05) is 50.7 Å². The maximum Gasteiger partial charge on any atom is 0.307 e. The van der Waals surface area contributed by atoms with Gasteiger partial charge in [-0.2, -0.15) is 0 Å². The second kappa shape index (κ2) is 4.18. The van der Waals surface area contributed by atoms with Gasteiger partial charge in [0.1, 0.15) is 6.10 Å². The number of rotatable bonds is 1. The summed E-state index contributed by atoms with van der Waals surface area (Å²) in [6.45, 7) is 0. The zero-order chi connectivity index (χ0) is 10.1. The van der Waals surface area contributed by atoms with Gasteiger partial charge in [-0.15, -0.1) is 0 Å². The lowest BCUT2D eigenvalue weighted by atomic mass is 10.1. The molecule has 0 unspecified atom stereocenters. The summed E-state index contributed by atoms with van der Waals surface area (Å²) in [5.41, 5.74) is 1.07. The summed E-state index contributed by atoms with van der Waals surface area (Å²) in [6, 6.07) is 7.90. The quantitative estimate of drug-likeness (QED) is 0.433. The Balaban J connectivity index is 2.23. The smallest absolute Gasteiger partial charge is 0.307 e. The first kappa shape index (κ1) is 10.4. The Morgan fingerprint density at radius 2 is 2.00 bits per heavy atom. The Labute approximate surface area is 104 Å². The van der Waals surface area contributed by atoms with Crippen molar-refractivity contribution in [3.8, 4) is 0 Å². The molecule has 2 nitrogen and oxygen atoms in total. The molecular weight excluding hydrogens is 359 g/mol. The lowest BCUT2D eigenvalue weighted by molar-refractivity contribution is -0.141. The lowest BCUT2D eigenvalue weighted by Crippen LogP contribution is -2.05. The fraction of sp³-hybridized carbons (Fsp3) is 0.300. The van der Waals surface area contributed by atoms with Crippen molar-refractivity contribution in [1.82, 2.24) is 0 Å². The molecule has 4 heteroatoms. The number of cyclic esters (lactones) is 1. The van der Waals surface area contributed by atoms with Gasteiger partial charge in [-0.25, -0.2) is 0 Å². The molecular formula is C10H8BrIO2. The highest BCUT2D eigenvalue weighted by Crippen LogP contribution is 2.35. The topological polar surface area (TPSA) is 26.3 Å². The van der Waals surface area contributed by atoms with Crippen molar-refractivity contribution in [2.24, 2.45) is 0 Å². The van der Waals surface area contributed by atoms with Crippen LogP contribution in [0.3, 0.4) is 0 Å².